The molecule has 92 valence electrons. The van der Waals surface area contributed by atoms with Crippen LogP contribution in [0.5, 0.6) is 0 Å². The van der Waals surface area contributed by atoms with Crippen LogP contribution in [-0.4, -0.2) is 36.5 Å². The predicted octanol–water partition coefficient (Wildman–Crippen LogP) is 2.31. The molecule has 3 nitrogen and oxygen atoms in total. The Morgan fingerprint density at radius 3 is 2.56 bits per heavy atom. The standard InChI is InChI=1S/C13H24N2O/c1-8-9-6-11(13(8,2)3)10(7-15(4)5)12(9)14-16/h8-11,16H,6-7H2,1-5H3/b14-12-/t8-,9+,10-,11+/m1/s1. The van der Waals surface area contributed by atoms with Gasteiger partial charge in [0.2, 0.25) is 0 Å². The maximum atomic E-state index is 9.23. The Hall–Kier alpha value is -0.570. The van der Waals surface area contributed by atoms with Crippen LogP contribution in [0.1, 0.15) is 27.2 Å². The molecule has 0 unspecified atom stereocenters. The molecule has 0 spiro atoms. The van der Waals surface area contributed by atoms with E-state index in [0.717, 1.165) is 12.3 Å². The van der Waals surface area contributed by atoms with Crippen molar-refractivity contribution in [3.05, 3.63) is 0 Å². The summed E-state index contributed by atoms with van der Waals surface area (Å²) in [6.07, 6.45) is 1.21. The quantitative estimate of drug-likeness (QED) is 0.577. The van der Waals surface area contributed by atoms with Gasteiger partial charge in [-0.15, -0.1) is 0 Å². The summed E-state index contributed by atoms with van der Waals surface area (Å²) in [7, 11) is 4.19. The van der Waals surface area contributed by atoms with Gasteiger partial charge in [0.05, 0.1) is 5.71 Å². The molecule has 0 aromatic heterocycles. The summed E-state index contributed by atoms with van der Waals surface area (Å²) < 4.78 is 0. The molecule has 2 bridgehead atoms. The molecule has 3 heteroatoms. The number of rotatable bonds is 2. The zero-order valence-corrected chi connectivity index (χ0v) is 11.1. The fourth-order valence-electron chi connectivity index (χ4n) is 3.94. The molecule has 16 heavy (non-hydrogen) atoms. The first-order valence-electron chi connectivity index (χ1n) is 6.26. The van der Waals surface area contributed by atoms with Crippen LogP contribution in [-0.2, 0) is 0 Å². The number of fused-ring (bicyclic) bond motifs is 2. The van der Waals surface area contributed by atoms with E-state index in [1.54, 1.807) is 0 Å². The zero-order valence-electron chi connectivity index (χ0n) is 11.1. The minimum atomic E-state index is 0.388. The average Bonchev–Trinajstić information content (AvgIpc) is 2.63. The Morgan fingerprint density at radius 1 is 1.44 bits per heavy atom. The van der Waals surface area contributed by atoms with Crippen LogP contribution in [0.4, 0.5) is 0 Å². The first-order valence-corrected chi connectivity index (χ1v) is 6.26. The van der Waals surface area contributed by atoms with Crippen LogP contribution in [0, 0.1) is 29.1 Å². The number of nitrogens with zero attached hydrogens (tertiary/aromatic N) is 2. The van der Waals surface area contributed by atoms with Crippen molar-refractivity contribution in [3.63, 3.8) is 0 Å². The Kier molecular flexibility index (Phi) is 2.77. The van der Waals surface area contributed by atoms with Gasteiger partial charge >= 0.3 is 0 Å². The lowest BCUT2D eigenvalue weighted by Crippen LogP contribution is -2.43. The Balaban J connectivity index is 2.27. The van der Waals surface area contributed by atoms with Crippen LogP contribution in [0.2, 0.25) is 0 Å². The number of hydrogen-bond acceptors (Lipinski definition) is 3. The summed E-state index contributed by atoms with van der Waals surface area (Å²) in [5, 5.41) is 12.8. The second kappa shape index (κ2) is 3.73. The van der Waals surface area contributed by atoms with Gasteiger partial charge in [-0.1, -0.05) is 25.9 Å². The van der Waals surface area contributed by atoms with Gasteiger partial charge in [-0.3, -0.25) is 0 Å². The lowest BCUT2D eigenvalue weighted by molar-refractivity contribution is 0.128. The first-order chi connectivity index (χ1) is 7.39. The van der Waals surface area contributed by atoms with Crippen molar-refractivity contribution in [2.75, 3.05) is 20.6 Å². The molecule has 2 saturated carbocycles. The van der Waals surface area contributed by atoms with Crippen LogP contribution in [0.3, 0.4) is 0 Å². The first kappa shape index (κ1) is 11.9. The third-order valence-corrected chi connectivity index (χ3v) is 5.16. The summed E-state index contributed by atoms with van der Waals surface area (Å²) in [4.78, 5) is 2.21. The Bertz CT molecular complexity index is 309. The minimum absolute atomic E-state index is 0.388. The minimum Gasteiger partial charge on any atom is -0.411 e. The Labute approximate surface area is 98.5 Å². The van der Waals surface area contributed by atoms with Crippen molar-refractivity contribution in [1.82, 2.24) is 4.90 Å². The summed E-state index contributed by atoms with van der Waals surface area (Å²) in [6, 6.07) is 0. The fraction of sp³-hybridized carbons (Fsp3) is 0.923. The Morgan fingerprint density at radius 2 is 2.06 bits per heavy atom. The van der Waals surface area contributed by atoms with E-state index >= 15 is 0 Å². The van der Waals surface area contributed by atoms with E-state index in [1.165, 1.54) is 6.42 Å². The van der Waals surface area contributed by atoms with Crippen molar-refractivity contribution < 1.29 is 5.21 Å². The van der Waals surface area contributed by atoms with Gasteiger partial charge in [-0.25, -0.2) is 0 Å². The molecular weight excluding hydrogens is 200 g/mol. The predicted molar refractivity (Wildman–Crippen MR) is 65.8 cm³/mol. The maximum Gasteiger partial charge on any atom is 0.0651 e. The molecule has 2 aliphatic carbocycles. The smallest absolute Gasteiger partial charge is 0.0651 e. The van der Waals surface area contributed by atoms with E-state index in [-0.39, 0.29) is 0 Å². The van der Waals surface area contributed by atoms with E-state index in [9.17, 15) is 5.21 Å². The number of oxime groups is 1. The van der Waals surface area contributed by atoms with Crippen molar-refractivity contribution in [2.45, 2.75) is 27.2 Å². The van der Waals surface area contributed by atoms with Crippen LogP contribution >= 0.6 is 0 Å². The van der Waals surface area contributed by atoms with Gasteiger partial charge in [-0.05, 0) is 37.8 Å². The maximum absolute atomic E-state index is 9.23. The molecular formula is C13H24N2O. The monoisotopic (exact) mass is 224 g/mol. The molecule has 0 saturated heterocycles. The van der Waals surface area contributed by atoms with Crippen LogP contribution in [0.15, 0.2) is 5.16 Å². The van der Waals surface area contributed by atoms with E-state index in [4.69, 9.17) is 0 Å². The highest BCUT2D eigenvalue weighted by atomic mass is 16.4. The van der Waals surface area contributed by atoms with Crippen molar-refractivity contribution in [2.24, 2.45) is 34.2 Å². The largest absolute Gasteiger partial charge is 0.411 e. The molecule has 4 atom stereocenters. The van der Waals surface area contributed by atoms with E-state index in [0.29, 0.717) is 29.1 Å². The van der Waals surface area contributed by atoms with Gasteiger partial charge in [0, 0.05) is 18.4 Å². The second-order valence-corrected chi connectivity index (χ2v) is 6.45. The lowest BCUT2D eigenvalue weighted by atomic mass is 9.64. The fourth-order valence-corrected chi connectivity index (χ4v) is 3.94. The molecule has 2 aliphatic rings. The van der Waals surface area contributed by atoms with Crippen LogP contribution in [0.25, 0.3) is 0 Å². The molecule has 1 N–H and O–H groups in total. The van der Waals surface area contributed by atoms with Crippen molar-refractivity contribution in [1.29, 1.82) is 0 Å². The molecule has 0 heterocycles. The molecule has 2 rings (SSSR count). The van der Waals surface area contributed by atoms with Gasteiger partial charge in [0.25, 0.3) is 0 Å². The molecule has 0 aromatic rings. The van der Waals surface area contributed by atoms with Gasteiger partial charge in [0.15, 0.2) is 0 Å². The van der Waals surface area contributed by atoms with Gasteiger partial charge in [0.1, 0.15) is 0 Å². The van der Waals surface area contributed by atoms with Crippen molar-refractivity contribution >= 4 is 5.71 Å². The topological polar surface area (TPSA) is 35.8 Å². The molecule has 0 aromatic carbocycles. The number of hydrogen-bond donors (Lipinski definition) is 1. The van der Waals surface area contributed by atoms with E-state index < -0.39 is 0 Å². The third-order valence-electron chi connectivity index (χ3n) is 5.16. The summed E-state index contributed by atoms with van der Waals surface area (Å²) in [6.45, 7) is 8.07. The molecule has 0 amide bonds. The summed E-state index contributed by atoms with van der Waals surface area (Å²) in [5.74, 6) is 2.29. The average molecular weight is 224 g/mol. The highest BCUT2D eigenvalue weighted by Gasteiger charge is 2.58. The van der Waals surface area contributed by atoms with Gasteiger partial charge < -0.3 is 10.1 Å². The lowest BCUT2D eigenvalue weighted by Gasteiger charge is -2.41. The SMILES string of the molecule is C[C@@H]1[C@@H]2C[C@@H]([C@@H](CN(C)C)/C2=N\O)C1(C)C. The normalized spacial score (nSPS) is 43.5. The van der Waals surface area contributed by atoms with Crippen LogP contribution < -0.4 is 0 Å². The molecule has 2 fully saturated rings. The molecule has 0 radical (unpaired) electrons. The highest BCUT2D eigenvalue weighted by Crippen LogP contribution is 2.60. The highest BCUT2D eigenvalue weighted by molar-refractivity contribution is 5.92. The van der Waals surface area contributed by atoms with E-state index in [1.807, 2.05) is 0 Å². The second-order valence-electron chi connectivity index (χ2n) is 6.45. The summed E-state index contributed by atoms with van der Waals surface area (Å²) in [5.41, 5.74) is 1.45. The third kappa shape index (κ3) is 1.48. The molecule has 0 aliphatic heterocycles. The summed E-state index contributed by atoms with van der Waals surface area (Å²) >= 11 is 0. The van der Waals surface area contributed by atoms with Gasteiger partial charge in [-0.2, -0.15) is 0 Å². The zero-order chi connectivity index (χ0) is 12.1. The van der Waals surface area contributed by atoms with Crippen molar-refractivity contribution in [3.8, 4) is 0 Å². The van der Waals surface area contributed by atoms with E-state index in [2.05, 4.69) is 44.9 Å².